The molecule has 0 aromatic heterocycles. The van der Waals surface area contributed by atoms with E-state index in [0.29, 0.717) is 0 Å². The third-order valence-corrected chi connectivity index (χ3v) is 2.90. The lowest BCUT2D eigenvalue weighted by atomic mass is 9.75. The molecule has 2 N–H and O–H groups in total. The number of hydrogen-bond donors (Lipinski definition) is 2. The Balaban J connectivity index is 3.00. The second-order valence-corrected chi connectivity index (χ2v) is 4.50. The zero-order valence-corrected chi connectivity index (χ0v) is 8.41. The van der Waals surface area contributed by atoms with E-state index >= 15 is 0 Å². The number of carbonyl (C=O) groups is 2. The fourth-order valence-electron chi connectivity index (χ4n) is 1.53. The third-order valence-electron chi connectivity index (χ3n) is 2.45. The van der Waals surface area contributed by atoms with Crippen LogP contribution in [0.15, 0.2) is 12.2 Å². The van der Waals surface area contributed by atoms with Crippen molar-refractivity contribution in [3.63, 3.8) is 0 Å². The second kappa shape index (κ2) is 3.28. The first-order valence-electron chi connectivity index (χ1n) is 4.14. The maximum Gasteiger partial charge on any atom is 0.325 e. The fourth-order valence-corrected chi connectivity index (χ4v) is 1.90. The van der Waals surface area contributed by atoms with E-state index in [9.17, 15) is 9.59 Å². The molecule has 0 aliphatic heterocycles. The number of alkyl halides is 1. The molecule has 0 amide bonds. The third kappa shape index (κ3) is 1.75. The normalized spacial score (nSPS) is 36.7. The summed E-state index contributed by atoms with van der Waals surface area (Å²) in [5, 5.41) is 17.8. The summed E-state index contributed by atoms with van der Waals surface area (Å²) < 4.78 is 0. The van der Waals surface area contributed by atoms with Crippen molar-refractivity contribution in [2.75, 3.05) is 0 Å². The van der Waals surface area contributed by atoms with Gasteiger partial charge in [-0.25, -0.2) is 0 Å². The first-order chi connectivity index (χ1) is 6.30. The van der Waals surface area contributed by atoms with Gasteiger partial charge in [0.15, 0.2) is 0 Å². The van der Waals surface area contributed by atoms with Gasteiger partial charge in [-0.1, -0.05) is 12.2 Å². The summed E-state index contributed by atoms with van der Waals surface area (Å²) in [5.41, 5.74) is -1.18. The minimum atomic E-state index is -1.48. The molecule has 0 saturated heterocycles. The quantitative estimate of drug-likeness (QED) is 0.544. The van der Waals surface area contributed by atoms with E-state index in [4.69, 9.17) is 21.8 Å². The maximum absolute atomic E-state index is 10.9. The summed E-state index contributed by atoms with van der Waals surface area (Å²) in [6.07, 6.45) is 3.08. The molecule has 2 atom stereocenters. The van der Waals surface area contributed by atoms with Gasteiger partial charge in [-0.15, -0.1) is 11.6 Å². The summed E-state index contributed by atoms with van der Waals surface area (Å²) in [4.78, 5) is 20.2. The van der Waals surface area contributed by atoms with Crippen molar-refractivity contribution in [1.29, 1.82) is 0 Å². The Morgan fingerprint density at radius 2 is 1.93 bits per heavy atom. The lowest BCUT2D eigenvalue weighted by molar-refractivity contribution is -0.148. The fraction of sp³-hybridized carbons (Fsp3) is 0.556. The second-order valence-electron chi connectivity index (χ2n) is 3.78. The first-order valence-corrected chi connectivity index (χ1v) is 4.51. The van der Waals surface area contributed by atoms with Crippen molar-refractivity contribution >= 4 is 23.5 Å². The average Bonchev–Trinajstić information content (AvgIpc) is 2.03. The van der Waals surface area contributed by atoms with Crippen molar-refractivity contribution in [3.8, 4) is 0 Å². The molecule has 0 radical (unpaired) electrons. The largest absolute Gasteiger partial charge is 0.481 e. The van der Waals surface area contributed by atoms with Crippen LogP contribution in [0.3, 0.4) is 0 Å². The minimum absolute atomic E-state index is 0.0945. The van der Waals surface area contributed by atoms with Crippen LogP contribution in [0.4, 0.5) is 0 Å². The molecule has 1 rings (SSSR count). The summed E-state index contributed by atoms with van der Waals surface area (Å²) in [5.74, 6) is -2.23. The number of carboxylic acids is 2. The van der Waals surface area contributed by atoms with Gasteiger partial charge in [0.2, 0.25) is 0 Å². The Bertz CT molecular complexity index is 312. The molecule has 0 bridgehead atoms. The lowest BCUT2D eigenvalue weighted by Crippen LogP contribution is -2.43. The predicted molar refractivity (Wildman–Crippen MR) is 50.3 cm³/mol. The van der Waals surface area contributed by atoms with Crippen LogP contribution in [0.2, 0.25) is 0 Å². The van der Waals surface area contributed by atoms with Crippen LogP contribution in [0.25, 0.3) is 0 Å². The van der Waals surface area contributed by atoms with Crippen LogP contribution in [0.5, 0.6) is 0 Å². The molecule has 0 heterocycles. The van der Waals surface area contributed by atoms with Gasteiger partial charge in [0.25, 0.3) is 0 Å². The molecule has 1 aliphatic carbocycles. The number of carboxylic acid groups (broad SMARTS) is 2. The summed E-state index contributed by atoms with van der Waals surface area (Å²) in [6.45, 7) is 1.46. The average molecular weight is 219 g/mol. The van der Waals surface area contributed by atoms with Gasteiger partial charge in [-0.05, 0) is 19.8 Å². The van der Waals surface area contributed by atoms with Crippen molar-refractivity contribution in [1.82, 2.24) is 0 Å². The van der Waals surface area contributed by atoms with Gasteiger partial charge >= 0.3 is 11.9 Å². The molecule has 1 aliphatic rings. The van der Waals surface area contributed by atoms with E-state index in [2.05, 4.69) is 0 Å². The van der Waals surface area contributed by atoms with Gasteiger partial charge in [0.1, 0.15) is 4.87 Å². The SMILES string of the molecule is CC1(C(=O)O)C=CCC(Cl)(C(=O)O)C1. The van der Waals surface area contributed by atoms with Gasteiger partial charge in [-0.3, -0.25) is 9.59 Å². The molecule has 4 nitrogen and oxygen atoms in total. The van der Waals surface area contributed by atoms with Crippen LogP contribution in [0.1, 0.15) is 19.8 Å². The lowest BCUT2D eigenvalue weighted by Gasteiger charge is -2.33. The highest BCUT2D eigenvalue weighted by molar-refractivity contribution is 6.34. The number of aliphatic carboxylic acids is 2. The molecule has 0 aromatic carbocycles. The molecule has 0 fully saturated rings. The predicted octanol–water partition coefficient (Wildman–Crippen LogP) is 1.49. The molecular weight excluding hydrogens is 208 g/mol. The van der Waals surface area contributed by atoms with E-state index in [1.54, 1.807) is 0 Å². The topological polar surface area (TPSA) is 74.6 Å². The Hall–Kier alpha value is -1.03. The van der Waals surface area contributed by atoms with E-state index in [0.717, 1.165) is 0 Å². The van der Waals surface area contributed by atoms with Crippen molar-refractivity contribution in [2.45, 2.75) is 24.6 Å². The molecule has 5 heteroatoms. The van der Waals surface area contributed by atoms with Gasteiger partial charge in [-0.2, -0.15) is 0 Å². The number of rotatable bonds is 2. The molecule has 0 saturated carbocycles. The first kappa shape index (κ1) is 11.0. The summed E-state index contributed by atoms with van der Waals surface area (Å²) in [6, 6.07) is 0. The number of hydrogen-bond acceptors (Lipinski definition) is 2. The molecular formula is C9H11ClO4. The van der Waals surface area contributed by atoms with Gasteiger partial charge in [0.05, 0.1) is 5.41 Å². The highest BCUT2D eigenvalue weighted by atomic mass is 35.5. The molecule has 14 heavy (non-hydrogen) atoms. The molecule has 0 aromatic rings. The van der Waals surface area contributed by atoms with E-state index in [1.165, 1.54) is 19.1 Å². The van der Waals surface area contributed by atoms with E-state index in [1.807, 2.05) is 0 Å². The summed E-state index contributed by atoms with van der Waals surface area (Å²) in [7, 11) is 0. The Morgan fingerprint density at radius 1 is 1.36 bits per heavy atom. The molecule has 2 unspecified atom stereocenters. The summed E-state index contributed by atoms with van der Waals surface area (Å²) >= 11 is 5.82. The monoisotopic (exact) mass is 218 g/mol. The van der Waals surface area contributed by atoms with Crippen molar-refractivity contribution in [2.24, 2.45) is 5.41 Å². The Labute approximate surface area is 86.2 Å². The number of halogens is 1. The smallest absolute Gasteiger partial charge is 0.325 e. The van der Waals surface area contributed by atoms with Crippen LogP contribution in [-0.4, -0.2) is 27.0 Å². The maximum atomic E-state index is 10.9. The number of allylic oxidation sites excluding steroid dienone is 1. The Kier molecular flexibility index (Phi) is 2.58. The van der Waals surface area contributed by atoms with Crippen LogP contribution in [0, 0.1) is 5.41 Å². The standard InChI is InChI=1S/C9H11ClO4/c1-8(6(11)12)3-2-4-9(10,5-8)7(13)14/h2-3H,4-5H2,1H3,(H,11,12)(H,13,14). The minimum Gasteiger partial charge on any atom is -0.481 e. The van der Waals surface area contributed by atoms with Crippen LogP contribution < -0.4 is 0 Å². The molecule has 78 valence electrons. The highest BCUT2D eigenvalue weighted by Gasteiger charge is 2.47. The zero-order valence-electron chi connectivity index (χ0n) is 7.66. The van der Waals surface area contributed by atoms with Crippen molar-refractivity contribution < 1.29 is 19.8 Å². The molecule has 0 spiro atoms. The van der Waals surface area contributed by atoms with Crippen LogP contribution in [-0.2, 0) is 9.59 Å². The van der Waals surface area contributed by atoms with E-state index < -0.39 is 22.2 Å². The van der Waals surface area contributed by atoms with Gasteiger partial charge in [0, 0.05) is 0 Å². The van der Waals surface area contributed by atoms with E-state index in [-0.39, 0.29) is 12.8 Å². The van der Waals surface area contributed by atoms with Crippen LogP contribution >= 0.6 is 11.6 Å². The van der Waals surface area contributed by atoms with Crippen molar-refractivity contribution in [3.05, 3.63) is 12.2 Å². The zero-order chi connectivity index (χ0) is 11.0. The highest BCUT2D eigenvalue weighted by Crippen LogP contribution is 2.41. The Morgan fingerprint density at radius 3 is 2.36 bits per heavy atom. The van der Waals surface area contributed by atoms with Gasteiger partial charge < -0.3 is 10.2 Å².